The second-order valence-electron chi connectivity index (χ2n) is 4.82. The van der Waals surface area contributed by atoms with Crippen molar-refractivity contribution in [2.45, 2.75) is 0 Å². The van der Waals surface area contributed by atoms with Gasteiger partial charge in [-0.1, -0.05) is 0 Å². The van der Waals surface area contributed by atoms with Crippen molar-refractivity contribution in [2.24, 2.45) is 5.73 Å². The maximum Gasteiger partial charge on any atom is 0.325 e. The second kappa shape index (κ2) is 6.51. The Kier molecular flexibility index (Phi) is 4.26. The van der Waals surface area contributed by atoms with E-state index in [1.54, 1.807) is 0 Å². The van der Waals surface area contributed by atoms with Crippen molar-refractivity contribution in [1.82, 2.24) is 0 Å². The molecule has 0 saturated carbocycles. The smallest absolute Gasteiger partial charge is 0.325 e. The molecule has 0 atom stereocenters. The maximum absolute atomic E-state index is 12.9. The van der Waals surface area contributed by atoms with Crippen LogP contribution in [-0.2, 0) is 4.79 Å². The van der Waals surface area contributed by atoms with E-state index in [4.69, 9.17) is 19.6 Å². The lowest BCUT2D eigenvalue weighted by molar-refractivity contribution is -0.132. The topological polar surface area (TPSA) is 91.8 Å². The summed E-state index contributed by atoms with van der Waals surface area (Å²) in [7, 11) is 0. The Hall–Kier alpha value is -3.19. The van der Waals surface area contributed by atoms with Crippen LogP contribution in [0.5, 0.6) is 17.2 Å². The average Bonchev–Trinajstić information content (AvgIpc) is 2.59. The van der Waals surface area contributed by atoms with Crippen LogP contribution in [0.1, 0.15) is 0 Å². The Labute approximate surface area is 135 Å². The largest absolute Gasteiger partial charge is 0.460 e. The van der Waals surface area contributed by atoms with Gasteiger partial charge in [0.1, 0.15) is 29.2 Å². The van der Waals surface area contributed by atoms with Gasteiger partial charge in [0.2, 0.25) is 11.2 Å². The number of carbonyl (C=O) groups is 1. The molecule has 0 amide bonds. The van der Waals surface area contributed by atoms with Crippen molar-refractivity contribution in [3.05, 3.63) is 64.8 Å². The molecule has 0 aliphatic heterocycles. The summed E-state index contributed by atoms with van der Waals surface area (Å²) in [5.74, 6) is -0.536. The number of hydrogen-bond donors (Lipinski definition) is 1. The number of rotatable bonds is 4. The number of esters is 1. The molecule has 1 aromatic heterocycles. The lowest BCUT2D eigenvalue weighted by Gasteiger charge is -2.07. The van der Waals surface area contributed by atoms with E-state index in [2.05, 4.69) is 0 Å². The van der Waals surface area contributed by atoms with Crippen molar-refractivity contribution >= 4 is 16.9 Å². The molecular weight excluding hydrogens is 317 g/mol. The fourth-order valence-electron chi connectivity index (χ4n) is 2.03. The molecule has 0 radical (unpaired) electrons. The van der Waals surface area contributed by atoms with Crippen LogP contribution in [0, 0.1) is 5.82 Å². The fourth-order valence-corrected chi connectivity index (χ4v) is 2.03. The highest BCUT2D eigenvalue weighted by Crippen LogP contribution is 2.24. The van der Waals surface area contributed by atoms with E-state index in [1.165, 1.54) is 42.5 Å². The summed E-state index contributed by atoms with van der Waals surface area (Å²) in [6.45, 7) is -0.258. The molecule has 0 saturated heterocycles. The summed E-state index contributed by atoms with van der Waals surface area (Å²) < 4.78 is 28.6. The van der Waals surface area contributed by atoms with Gasteiger partial charge in [-0.2, -0.15) is 0 Å². The van der Waals surface area contributed by atoms with Gasteiger partial charge in [-0.15, -0.1) is 0 Å². The van der Waals surface area contributed by atoms with Crippen molar-refractivity contribution in [3.63, 3.8) is 0 Å². The highest BCUT2D eigenvalue weighted by Gasteiger charge is 2.11. The standard InChI is InChI=1S/C17H12FNO5/c18-10-1-3-11(4-2-10)23-15-9-22-14-7-12(24-16(20)8-19)5-6-13(14)17(15)21/h1-7,9H,8,19H2. The molecule has 2 aromatic carbocycles. The summed E-state index contributed by atoms with van der Waals surface area (Å²) >= 11 is 0. The number of fused-ring (bicyclic) bond motifs is 1. The van der Waals surface area contributed by atoms with Crippen molar-refractivity contribution in [2.75, 3.05) is 6.54 Å². The average molecular weight is 329 g/mol. The summed E-state index contributed by atoms with van der Waals surface area (Å²) in [6, 6.07) is 9.55. The maximum atomic E-state index is 12.9. The minimum Gasteiger partial charge on any atom is -0.460 e. The Bertz CT molecular complexity index is 949. The number of carbonyl (C=O) groups excluding carboxylic acids is 1. The van der Waals surface area contributed by atoms with Crippen LogP contribution in [0.15, 0.2) is 57.9 Å². The number of ether oxygens (including phenoxy) is 2. The third-order valence-electron chi connectivity index (χ3n) is 3.15. The summed E-state index contributed by atoms with van der Waals surface area (Å²) in [6.07, 6.45) is 1.14. The van der Waals surface area contributed by atoms with Gasteiger partial charge in [-0.25, -0.2) is 4.39 Å². The first-order valence-corrected chi connectivity index (χ1v) is 6.96. The van der Waals surface area contributed by atoms with Crippen LogP contribution in [0.25, 0.3) is 11.0 Å². The quantitative estimate of drug-likeness (QED) is 0.584. The Morgan fingerprint density at radius 3 is 2.54 bits per heavy atom. The van der Waals surface area contributed by atoms with Gasteiger partial charge in [0.15, 0.2) is 0 Å². The van der Waals surface area contributed by atoms with Crippen molar-refractivity contribution in [1.29, 1.82) is 0 Å². The first-order chi connectivity index (χ1) is 11.6. The normalized spacial score (nSPS) is 10.6. The van der Waals surface area contributed by atoms with E-state index in [0.29, 0.717) is 5.75 Å². The van der Waals surface area contributed by atoms with E-state index in [0.717, 1.165) is 6.26 Å². The lowest BCUT2D eigenvalue weighted by atomic mass is 10.2. The summed E-state index contributed by atoms with van der Waals surface area (Å²) in [4.78, 5) is 23.6. The fraction of sp³-hybridized carbons (Fsp3) is 0.0588. The van der Waals surface area contributed by atoms with Crippen LogP contribution in [0.4, 0.5) is 4.39 Å². The molecule has 122 valence electrons. The minimum atomic E-state index is -0.604. The highest BCUT2D eigenvalue weighted by atomic mass is 19.1. The molecule has 0 spiro atoms. The monoisotopic (exact) mass is 329 g/mol. The third kappa shape index (κ3) is 3.26. The van der Waals surface area contributed by atoms with Gasteiger partial charge in [0, 0.05) is 6.07 Å². The molecule has 1 heterocycles. The van der Waals surface area contributed by atoms with Gasteiger partial charge in [-0.3, -0.25) is 9.59 Å². The van der Waals surface area contributed by atoms with Gasteiger partial charge in [0.25, 0.3) is 0 Å². The van der Waals surface area contributed by atoms with Crippen LogP contribution in [-0.4, -0.2) is 12.5 Å². The zero-order valence-corrected chi connectivity index (χ0v) is 12.3. The van der Waals surface area contributed by atoms with E-state index < -0.39 is 17.2 Å². The predicted octanol–water partition coefficient (Wildman–Crippen LogP) is 2.59. The molecule has 7 heteroatoms. The van der Waals surface area contributed by atoms with Gasteiger partial charge < -0.3 is 19.6 Å². The number of benzene rings is 2. The SMILES string of the molecule is NCC(=O)Oc1ccc2c(=O)c(Oc3ccc(F)cc3)coc2c1. The number of hydrogen-bond acceptors (Lipinski definition) is 6. The molecule has 0 unspecified atom stereocenters. The second-order valence-corrected chi connectivity index (χ2v) is 4.82. The van der Waals surface area contributed by atoms with Crippen molar-refractivity contribution in [3.8, 4) is 17.2 Å². The zero-order chi connectivity index (χ0) is 17.1. The minimum absolute atomic E-state index is 0.0409. The highest BCUT2D eigenvalue weighted by molar-refractivity contribution is 5.81. The lowest BCUT2D eigenvalue weighted by Crippen LogP contribution is -2.19. The predicted molar refractivity (Wildman–Crippen MR) is 83.6 cm³/mol. The van der Waals surface area contributed by atoms with Crippen LogP contribution in [0.3, 0.4) is 0 Å². The van der Waals surface area contributed by atoms with Crippen LogP contribution in [0.2, 0.25) is 0 Å². The molecule has 6 nitrogen and oxygen atoms in total. The molecule has 0 aliphatic carbocycles. The Morgan fingerprint density at radius 2 is 1.83 bits per heavy atom. The van der Waals surface area contributed by atoms with Crippen molar-refractivity contribution < 1.29 is 23.1 Å². The van der Waals surface area contributed by atoms with E-state index in [-0.39, 0.29) is 29.0 Å². The Morgan fingerprint density at radius 1 is 1.12 bits per heavy atom. The molecule has 3 aromatic rings. The number of halogens is 1. The third-order valence-corrected chi connectivity index (χ3v) is 3.15. The molecule has 0 aliphatic rings. The molecule has 0 fully saturated rings. The summed E-state index contributed by atoms with van der Waals surface area (Å²) in [5.41, 5.74) is 5.00. The zero-order valence-electron chi connectivity index (χ0n) is 12.3. The molecular formula is C17H12FNO5. The first kappa shape index (κ1) is 15.7. The van der Waals surface area contributed by atoms with E-state index in [9.17, 15) is 14.0 Å². The van der Waals surface area contributed by atoms with Gasteiger partial charge in [0.05, 0.1) is 11.9 Å². The molecule has 2 N–H and O–H groups in total. The number of nitrogens with two attached hydrogens (primary N) is 1. The van der Waals surface area contributed by atoms with Gasteiger partial charge in [-0.05, 0) is 36.4 Å². The van der Waals surface area contributed by atoms with E-state index >= 15 is 0 Å². The van der Waals surface area contributed by atoms with E-state index in [1.807, 2.05) is 0 Å². The molecule has 0 bridgehead atoms. The first-order valence-electron chi connectivity index (χ1n) is 6.96. The molecule has 3 rings (SSSR count). The molecule has 24 heavy (non-hydrogen) atoms. The van der Waals surface area contributed by atoms with Crippen LogP contribution >= 0.6 is 0 Å². The Balaban J connectivity index is 1.93. The van der Waals surface area contributed by atoms with Gasteiger partial charge >= 0.3 is 5.97 Å². The van der Waals surface area contributed by atoms with Crippen LogP contribution < -0.4 is 20.6 Å². The summed E-state index contributed by atoms with van der Waals surface area (Å²) in [5, 5.41) is 0.252.